The first-order valence-corrected chi connectivity index (χ1v) is 16.3. The van der Waals surface area contributed by atoms with Crippen LogP contribution in [0.5, 0.6) is 5.75 Å². The molecule has 3 heterocycles. The minimum Gasteiger partial charge on any atom is -0.490 e. The number of unbranched alkanes of at least 4 members (excludes halogenated alkanes) is 1. The number of ether oxygens (including phenoxy) is 1. The number of hydrogen-bond acceptors (Lipinski definition) is 13. The van der Waals surface area contributed by atoms with Crippen LogP contribution in [0.4, 0.5) is 5.13 Å². The molecule has 0 saturated carbocycles. The summed E-state index contributed by atoms with van der Waals surface area (Å²) in [6, 6.07) is 11.6. The van der Waals surface area contributed by atoms with Crippen LogP contribution in [0.3, 0.4) is 0 Å². The lowest BCUT2D eigenvalue weighted by Crippen LogP contribution is -2.68. The third kappa shape index (κ3) is 8.58. The van der Waals surface area contributed by atoms with E-state index in [1.54, 1.807) is 0 Å². The molecule has 0 unspecified atom stereocenters. The number of hydroxylamine groups is 2. The van der Waals surface area contributed by atoms with Gasteiger partial charge in [-0.3, -0.25) is 14.1 Å². The van der Waals surface area contributed by atoms with Gasteiger partial charge in [0.05, 0.1) is 11.5 Å². The molecule has 0 aliphatic carbocycles. The number of thiazole rings is 1. The second-order valence-electron chi connectivity index (χ2n) is 10.8. The van der Waals surface area contributed by atoms with E-state index in [2.05, 4.69) is 19.5 Å². The molecule has 0 radical (unpaired) electrons. The van der Waals surface area contributed by atoms with Gasteiger partial charge < -0.3 is 21.0 Å². The van der Waals surface area contributed by atoms with Crippen molar-refractivity contribution in [3.63, 3.8) is 0 Å². The molecule has 1 amide bonds. The number of nitrogen functional groups attached to an aromatic ring is 1. The molecule has 1 fully saturated rings. The SMILES string of the molecule is C[n+]1nc(CCCCN)ccc1-c1ccc(OCCO/N=C(\C(=O)C[C@@H]2C(=O)N(OS(=O)(=O)O)C2(C)C)c2csc(N)n2)cc1. The third-order valence-corrected chi connectivity index (χ3v) is 8.17. The molecule has 3 aromatic rings. The first-order chi connectivity index (χ1) is 21.3. The summed E-state index contributed by atoms with van der Waals surface area (Å²) in [6.07, 6.45) is 2.50. The normalized spacial score (nSPS) is 16.4. The van der Waals surface area contributed by atoms with Crippen molar-refractivity contribution in [2.45, 2.75) is 45.1 Å². The highest BCUT2D eigenvalue weighted by atomic mass is 32.3. The molecule has 0 spiro atoms. The zero-order chi connectivity index (χ0) is 32.8. The van der Waals surface area contributed by atoms with Crippen molar-refractivity contribution in [3.05, 3.63) is 53.2 Å². The number of carbonyl (C=O) groups excluding carboxylic acids is 2. The van der Waals surface area contributed by atoms with Crippen molar-refractivity contribution < 1.29 is 41.1 Å². The Hall–Kier alpha value is -4.03. The Balaban J connectivity index is 1.33. The average Bonchev–Trinajstić information content (AvgIpc) is 3.42. The van der Waals surface area contributed by atoms with Gasteiger partial charge in [0.2, 0.25) is 5.69 Å². The molecule has 15 nitrogen and oxygen atoms in total. The summed E-state index contributed by atoms with van der Waals surface area (Å²) in [5.74, 6) is -1.72. The fraction of sp³-hybridized carbons (Fsp3) is 0.429. The summed E-state index contributed by atoms with van der Waals surface area (Å²) in [4.78, 5) is 35.2. The van der Waals surface area contributed by atoms with E-state index in [1.807, 2.05) is 48.1 Å². The molecular weight excluding hydrogens is 626 g/mol. The Morgan fingerprint density at radius 2 is 1.91 bits per heavy atom. The van der Waals surface area contributed by atoms with Crippen LogP contribution in [0, 0.1) is 5.92 Å². The van der Waals surface area contributed by atoms with Crippen molar-refractivity contribution in [2.24, 2.45) is 23.9 Å². The van der Waals surface area contributed by atoms with E-state index in [0.717, 1.165) is 47.6 Å². The Morgan fingerprint density at radius 3 is 2.51 bits per heavy atom. The summed E-state index contributed by atoms with van der Waals surface area (Å²) in [6.45, 7) is 3.77. The van der Waals surface area contributed by atoms with E-state index < -0.39 is 33.5 Å². The van der Waals surface area contributed by atoms with Gasteiger partial charge in [-0.15, -0.1) is 15.6 Å². The molecular formula is C28H36N7O8S2+. The van der Waals surface area contributed by atoms with Crippen LogP contribution in [0.15, 0.2) is 46.9 Å². The number of nitrogens with zero attached hydrogens (tertiary/aromatic N) is 5. The highest BCUT2D eigenvalue weighted by Crippen LogP contribution is 2.40. The minimum absolute atomic E-state index is 0.00746. The van der Waals surface area contributed by atoms with E-state index >= 15 is 0 Å². The number of oxime groups is 1. The molecule has 242 valence electrons. The van der Waals surface area contributed by atoms with Crippen LogP contribution in [0.25, 0.3) is 11.3 Å². The van der Waals surface area contributed by atoms with Gasteiger partial charge in [-0.05, 0) is 75.1 Å². The molecule has 45 heavy (non-hydrogen) atoms. The van der Waals surface area contributed by atoms with Crippen LogP contribution >= 0.6 is 11.3 Å². The fourth-order valence-electron chi connectivity index (χ4n) is 4.74. The van der Waals surface area contributed by atoms with E-state index in [-0.39, 0.29) is 36.2 Å². The first kappa shape index (κ1) is 33.9. The number of amides is 1. The second kappa shape index (κ2) is 14.4. The van der Waals surface area contributed by atoms with E-state index in [9.17, 15) is 18.0 Å². The Bertz CT molecular complexity index is 1660. The zero-order valence-electron chi connectivity index (χ0n) is 25.1. The summed E-state index contributed by atoms with van der Waals surface area (Å²) in [5, 5.41) is 10.8. The number of carbonyl (C=O) groups is 2. The first-order valence-electron chi connectivity index (χ1n) is 14.1. The number of benzene rings is 1. The monoisotopic (exact) mass is 662 g/mol. The van der Waals surface area contributed by atoms with Gasteiger partial charge >= 0.3 is 10.4 Å². The Morgan fingerprint density at radius 1 is 1.18 bits per heavy atom. The van der Waals surface area contributed by atoms with Gasteiger partial charge in [-0.1, -0.05) is 9.84 Å². The van der Waals surface area contributed by atoms with E-state index in [4.69, 9.17) is 25.6 Å². The van der Waals surface area contributed by atoms with E-state index in [1.165, 1.54) is 19.2 Å². The van der Waals surface area contributed by atoms with Crippen molar-refractivity contribution in [2.75, 3.05) is 25.5 Å². The fourth-order valence-corrected chi connectivity index (χ4v) is 5.75. The molecule has 1 aliphatic heterocycles. The highest BCUT2D eigenvalue weighted by Gasteiger charge is 2.57. The number of aromatic nitrogens is 3. The molecule has 5 N–H and O–H groups in total. The Kier molecular flexibility index (Phi) is 10.8. The molecule has 2 aromatic heterocycles. The molecule has 0 bridgehead atoms. The molecule has 4 rings (SSSR count). The van der Waals surface area contributed by atoms with Crippen molar-refractivity contribution in [1.82, 2.24) is 15.1 Å². The number of anilines is 1. The average molecular weight is 663 g/mol. The predicted octanol–water partition coefficient (Wildman–Crippen LogP) is 1.62. The second-order valence-corrected chi connectivity index (χ2v) is 12.7. The minimum atomic E-state index is -4.92. The summed E-state index contributed by atoms with van der Waals surface area (Å²) < 4.78 is 43.1. The van der Waals surface area contributed by atoms with Crippen LogP contribution in [0.2, 0.25) is 0 Å². The summed E-state index contributed by atoms with van der Waals surface area (Å²) >= 11 is 1.10. The van der Waals surface area contributed by atoms with Crippen LogP contribution in [-0.2, 0) is 42.6 Å². The maximum Gasteiger partial charge on any atom is 0.418 e. The Labute approximate surface area is 264 Å². The standard InChI is InChI=1S/C28H35N7O8S2/c1-28(2)21(26(37)35(28)43-45(38,39)40)16-24(36)25(22-17-44-27(30)31-22)33-42-15-14-41-20-10-7-18(8-11-20)23-12-9-19(32-34(23)3)6-4-5-13-29/h7-12,17,21H,4-6,13-16,29H2,1-3H3,(H2-,30,31,38,39,40)/p+1/b33-25-/t21-/m1/s1. The number of Topliss-reactive ketones (excluding diaryl/α,β-unsaturated/α-hetero) is 1. The maximum atomic E-state index is 13.2. The maximum absolute atomic E-state index is 13.2. The molecule has 1 saturated heterocycles. The number of β-lactam (4-membered cyclic amide) rings is 1. The molecule has 1 aliphatic rings. The van der Waals surface area contributed by atoms with Crippen molar-refractivity contribution in [3.8, 4) is 17.0 Å². The highest BCUT2D eigenvalue weighted by molar-refractivity contribution is 7.80. The lowest BCUT2D eigenvalue weighted by molar-refractivity contribution is -0.721. The van der Waals surface area contributed by atoms with Gasteiger partial charge in [0, 0.05) is 23.4 Å². The number of hydrogen-bond donors (Lipinski definition) is 3. The smallest absolute Gasteiger partial charge is 0.418 e. The topological polar surface area (TPSA) is 214 Å². The lowest BCUT2D eigenvalue weighted by atomic mass is 9.74. The number of rotatable bonds is 16. The van der Waals surface area contributed by atoms with Crippen molar-refractivity contribution >= 4 is 44.3 Å². The lowest BCUT2D eigenvalue weighted by Gasteiger charge is -2.50. The van der Waals surface area contributed by atoms with Gasteiger partial charge in [-0.2, -0.15) is 13.5 Å². The van der Waals surface area contributed by atoms with Crippen LogP contribution < -0.4 is 20.9 Å². The molecule has 17 heteroatoms. The molecule has 1 atom stereocenters. The predicted molar refractivity (Wildman–Crippen MR) is 164 cm³/mol. The quantitative estimate of drug-likeness (QED) is 0.0498. The summed E-state index contributed by atoms with van der Waals surface area (Å²) in [7, 11) is -3.02. The van der Waals surface area contributed by atoms with Gasteiger partial charge in [0.25, 0.3) is 5.91 Å². The largest absolute Gasteiger partial charge is 0.490 e. The summed E-state index contributed by atoms with van der Waals surface area (Å²) in [5.41, 5.74) is 13.0. The van der Waals surface area contributed by atoms with Crippen LogP contribution in [0.1, 0.15) is 44.5 Å². The third-order valence-electron chi connectivity index (χ3n) is 7.16. The van der Waals surface area contributed by atoms with Gasteiger partial charge in [0.1, 0.15) is 23.7 Å². The number of nitrogens with two attached hydrogens (primary N) is 2. The van der Waals surface area contributed by atoms with Crippen molar-refractivity contribution in [1.29, 1.82) is 0 Å². The number of aryl methyl sites for hydroxylation is 2. The zero-order valence-corrected chi connectivity index (χ0v) is 26.7. The van der Waals surface area contributed by atoms with Crippen LogP contribution in [-0.4, -0.2) is 70.8 Å². The van der Waals surface area contributed by atoms with E-state index in [0.29, 0.717) is 17.4 Å². The number of ketones is 1. The molecule has 1 aromatic carbocycles. The van der Waals surface area contributed by atoms with Gasteiger partial charge in [-0.25, -0.2) is 4.98 Å². The van der Waals surface area contributed by atoms with Gasteiger partial charge in [0.15, 0.2) is 30.3 Å².